The number of rotatable bonds is 4. The molecule has 0 unspecified atom stereocenters. The molecule has 2 fully saturated rings. The number of piperidine rings is 1. The van der Waals surface area contributed by atoms with E-state index in [-0.39, 0.29) is 5.91 Å². The van der Waals surface area contributed by atoms with Crippen molar-refractivity contribution in [3.63, 3.8) is 0 Å². The van der Waals surface area contributed by atoms with E-state index in [0.29, 0.717) is 6.04 Å². The van der Waals surface area contributed by atoms with Gasteiger partial charge in [0, 0.05) is 45.3 Å². The van der Waals surface area contributed by atoms with Gasteiger partial charge in [0.25, 0.3) is 5.91 Å². The van der Waals surface area contributed by atoms with E-state index < -0.39 is 0 Å². The third-order valence-electron chi connectivity index (χ3n) is 6.88. The molecule has 3 aromatic rings. The fourth-order valence-corrected chi connectivity index (χ4v) is 6.09. The number of piperazine rings is 1. The minimum absolute atomic E-state index is 0.141. The Morgan fingerprint density at radius 1 is 1.06 bits per heavy atom. The first-order valence-electron chi connectivity index (χ1n) is 11.7. The fourth-order valence-electron chi connectivity index (χ4n) is 4.98. The van der Waals surface area contributed by atoms with Gasteiger partial charge in [0.05, 0.1) is 10.3 Å². The second kappa shape index (κ2) is 9.16. The summed E-state index contributed by atoms with van der Waals surface area (Å²) in [5, 5.41) is 1.07. The van der Waals surface area contributed by atoms with Crippen LogP contribution >= 0.6 is 11.3 Å². The topological polar surface area (TPSA) is 52.6 Å². The van der Waals surface area contributed by atoms with Crippen LogP contribution in [0.5, 0.6) is 0 Å². The highest BCUT2D eigenvalue weighted by molar-refractivity contribution is 7.20. The molecule has 32 heavy (non-hydrogen) atoms. The van der Waals surface area contributed by atoms with Crippen LogP contribution in [0.15, 0.2) is 36.7 Å². The predicted octanol–water partition coefficient (Wildman–Crippen LogP) is 4.34. The zero-order valence-corrected chi connectivity index (χ0v) is 19.8. The summed E-state index contributed by atoms with van der Waals surface area (Å²) in [6, 6.07) is 11.0. The molecule has 2 saturated heterocycles. The molecule has 1 aromatic carbocycles. The Bertz CT molecular complexity index is 1090. The van der Waals surface area contributed by atoms with Crippen molar-refractivity contribution < 1.29 is 4.79 Å². The van der Waals surface area contributed by atoms with Gasteiger partial charge in [-0.25, -0.2) is 9.97 Å². The van der Waals surface area contributed by atoms with Crippen LogP contribution < -0.4 is 4.90 Å². The zero-order chi connectivity index (χ0) is 22.1. The number of hydrogen-bond donors (Lipinski definition) is 0. The number of anilines is 1. The van der Waals surface area contributed by atoms with E-state index in [1.54, 1.807) is 6.33 Å². The molecule has 1 atom stereocenters. The Balaban J connectivity index is 1.33. The summed E-state index contributed by atoms with van der Waals surface area (Å²) in [5.41, 5.74) is 2.36. The Morgan fingerprint density at radius 2 is 1.84 bits per heavy atom. The quantitative estimate of drug-likeness (QED) is 0.593. The molecule has 0 radical (unpaired) electrons. The molecule has 0 spiro atoms. The lowest BCUT2D eigenvalue weighted by atomic mass is 10.0. The number of hydrogen-bond acceptors (Lipinski definition) is 6. The fraction of sp³-hybridized carbons (Fsp3) is 0.480. The van der Waals surface area contributed by atoms with E-state index in [0.717, 1.165) is 65.7 Å². The van der Waals surface area contributed by atoms with Gasteiger partial charge in [-0.15, -0.1) is 11.3 Å². The van der Waals surface area contributed by atoms with Gasteiger partial charge in [0.15, 0.2) is 0 Å². The molecular weight excluding hydrogens is 418 g/mol. The Labute approximate surface area is 193 Å². The summed E-state index contributed by atoms with van der Waals surface area (Å²) < 4.78 is 0. The first kappa shape index (κ1) is 21.3. The molecule has 0 bridgehead atoms. The van der Waals surface area contributed by atoms with Crippen LogP contribution in [0.2, 0.25) is 0 Å². The van der Waals surface area contributed by atoms with Crippen molar-refractivity contribution in [1.82, 2.24) is 19.8 Å². The monoisotopic (exact) mass is 449 g/mol. The van der Waals surface area contributed by atoms with Crippen LogP contribution in [0.3, 0.4) is 0 Å². The van der Waals surface area contributed by atoms with Crippen LogP contribution in [0, 0.1) is 6.92 Å². The normalized spacial score (nSPS) is 20.1. The number of amides is 1. The Morgan fingerprint density at radius 3 is 2.59 bits per heavy atom. The third-order valence-corrected chi connectivity index (χ3v) is 8.07. The molecule has 2 aliphatic heterocycles. The molecule has 0 aliphatic carbocycles. The maximum Gasteiger partial charge on any atom is 0.264 e. The Kier molecular flexibility index (Phi) is 6.11. The number of carbonyl (C=O) groups is 1. The van der Waals surface area contributed by atoms with Gasteiger partial charge in [0.1, 0.15) is 17.0 Å². The summed E-state index contributed by atoms with van der Waals surface area (Å²) in [5.74, 6) is 1.14. The molecular formula is C25H31N5OS. The van der Waals surface area contributed by atoms with Gasteiger partial charge < -0.3 is 9.80 Å². The summed E-state index contributed by atoms with van der Waals surface area (Å²) >= 11 is 1.53. The van der Waals surface area contributed by atoms with Gasteiger partial charge in [-0.05, 0) is 44.2 Å². The lowest BCUT2D eigenvalue weighted by molar-refractivity contribution is 0.0632. The maximum absolute atomic E-state index is 13.5. The molecule has 6 nitrogen and oxygen atoms in total. The number of thiophene rings is 1. The molecule has 0 saturated carbocycles. The Hall–Kier alpha value is -2.51. The molecule has 2 aliphatic rings. The van der Waals surface area contributed by atoms with Gasteiger partial charge in [-0.2, -0.15) is 0 Å². The number of aromatic nitrogens is 2. The van der Waals surface area contributed by atoms with Crippen molar-refractivity contribution in [2.45, 2.75) is 45.7 Å². The minimum Gasteiger partial charge on any atom is -0.353 e. The number of benzene rings is 1. The molecule has 0 N–H and O–H groups in total. The van der Waals surface area contributed by atoms with Crippen LogP contribution in [-0.2, 0) is 6.54 Å². The van der Waals surface area contributed by atoms with Crippen molar-refractivity contribution in [1.29, 1.82) is 0 Å². The highest BCUT2D eigenvalue weighted by atomic mass is 32.1. The van der Waals surface area contributed by atoms with E-state index in [2.05, 4.69) is 63.9 Å². The number of fused-ring (bicyclic) bond motifs is 1. The highest BCUT2D eigenvalue weighted by Crippen LogP contribution is 2.37. The van der Waals surface area contributed by atoms with Crippen molar-refractivity contribution >= 4 is 33.3 Å². The van der Waals surface area contributed by atoms with E-state index in [1.165, 1.54) is 36.2 Å². The van der Waals surface area contributed by atoms with Crippen molar-refractivity contribution in [2.75, 3.05) is 37.6 Å². The van der Waals surface area contributed by atoms with Crippen LogP contribution in [-0.4, -0.2) is 64.4 Å². The van der Waals surface area contributed by atoms with Gasteiger partial charge in [-0.3, -0.25) is 9.69 Å². The minimum atomic E-state index is 0.141. The highest BCUT2D eigenvalue weighted by Gasteiger charge is 2.29. The molecule has 4 heterocycles. The third kappa shape index (κ3) is 4.11. The first-order valence-corrected chi connectivity index (χ1v) is 12.5. The second-order valence-electron chi connectivity index (χ2n) is 9.03. The summed E-state index contributed by atoms with van der Waals surface area (Å²) in [4.78, 5) is 31.3. The SMILES string of the molecule is Cc1c(C(=O)N2CCN(Cc3ccccc3)CC2)sc2ncnc(N3CCCC[C@H]3C)c12. The van der Waals surface area contributed by atoms with Crippen LogP contribution in [0.4, 0.5) is 5.82 Å². The largest absolute Gasteiger partial charge is 0.353 e. The maximum atomic E-state index is 13.5. The number of carbonyl (C=O) groups excluding carboxylic acids is 1. The summed E-state index contributed by atoms with van der Waals surface area (Å²) in [7, 11) is 0. The molecule has 2 aromatic heterocycles. The van der Waals surface area contributed by atoms with E-state index in [9.17, 15) is 4.79 Å². The van der Waals surface area contributed by atoms with Crippen molar-refractivity contribution in [3.05, 3.63) is 52.7 Å². The summed E-state index contributed by atoms with van der Waals surface area (Å²) in [6.45, 7) is 9.64. The average Bonchev–Trinajstić information content (AvgIpc) is 3.17. The van der Waals surface area contributed by atoms with Gasteiger partial charge >= 0.3 is 0 Å². The second-order valence-corrected chi connectivity index (χ2v) is 10.0. The van der Waals surface area contributed by atoms with E-state index in [4.69, 9.17) is 0 Å². The van der Waals surface area contributed by atoms with Gasteiger partial charge in [-0.1, -0.05) is 30.3 Å². The lowest BCUT2D eigenvalue weighted by Crippen LogP contribution is -2.48. The smallest absolute Gasteiger partial charge is 0.264 e. The van der Waals surface area contributed by atoms with Crippen LogP contribution in [0.25, 0.3) is 10.2 Å². The predicted molar refractivity (Wildman–Crippen MR) is 130 cm³/mol. The van der Waals surface area contributed by atoms with Gasteiger partial charge in [0.2, 0.25) is 0 Å². The lowest BCUT2D eigenvalue weighted by Gasteiger charge is -2.35. The molecule has 7 heteroatoms. The molecule has 168 valence electrons. The van der Waals surface area contributed by atoms with Crippen LogP contribution in [0.1, 0.15) is 47.0 Å². The van der Waals surface area contributed by atoms with Crippen molar-refractivity contribution in [2.24, 2.45) is 0 Å². The summed E-state index contributed by atoms with van der Waals surface area (Å²) in [6.07, 6.45) is 5.31. The average molecular weight is 450 g/mol. The number of nitrogens with zero attached hydrogens (tertiary/aromatic N) is 5. The van der Waals surface area contributed by atoms with E-state index >= 15 is 0 Å². The van der Waals surface area contributed by atoms with E-state index in [1.807, 2.05) is 4.90 Å². The zero-order valence-electron chi connectivity index (χ0n) is 19.0. The first-order chi connectivity index (χ1) is 15.6. The number of aryl methyl sites for hydroxylation is 1. The van der Waals surface area contributed by atoms with Crippen molar-refractivity contribution in [3.8, 4) is 0 Å². The molecule has 1 amide bonds. The standard InChI is InChI=1S/C25H31N5OS/c1-18-8-6-7-11-30(18)23-21-19(2)22(32-24(21)27-17-26-23)25(31)29-14-12-28(13-15-29)16-20-9-4-3-5-10-20/h3-5,9-10,17-18H,6-8,11-16H2,1-2H3/t18-/m1/s1. The molecule has 5 rings (SSSR count).